The molecule has 1 unspecified atom stereocenters. The molecule has 1 aromatic heterocycles. The summed E-state index contributed by atoms with van der Waals surface area (Å²) in [5, 5.41) is 2.30. The van der Waals surface area contributed by atoms with Gasteiger partial charge in [0.2, 0.25) is 5.91 Å². The topological polar surface area (TPSA) is 38.1 Å². The standard InChI is InChI=1S/C29H22F3N3O/c30-29(31,32)22-10-6-11-23(16-22)34-18-21(15-27(34)36)28-33-25-13-3-4-14-26(25)35(28)17-20-9-5-8-19-7-1-2-12-24(19)20/h1-14,16,21H,15,17-18H2. The summed E-state index contributed by atoms with van der Waals surface area (Å²) >= 11 is 0. The number of alkyl halides is 3. The van der Waals surface area contributed by atoms with Gasteiger partial charge in [-0.3, -0.25) is 4.79 Å². The third-order valence-corrected chi connectivity index (χ3v) is 6.87. The largest absolute Gasteiger partial charge is 0.416 e. The second-order valence-corrected chi connectivity index (χ2v) is 9.14. The third-order valence-electron chi connectivity index (χ3n) is 6.87. The van der Waals surface area contributed by atoms with E-state index in [2.05, 4.69) is 28.8 Å². The molecule has 1 amide bonds. The number of imidazole rings is 1. The zero-order chi connectivity index (χ0) is 24.9. The van der Waals surface area contributed by atoms with Crippen molar-refractivity contribution >= 4 is 33.4 Å². The molecule has 180 valence electrons. The molecule has 4 aromatic carbocycles. The van der Waals surface area contributed by atoms with Crippen LogP contribution in [0.3, 0.4) is 0 Å². The summed E-state index contributed by atoms with van der Waals surface area (Å²) in [6.07, 6.45) is -4.28. The molecular weight excluding hydrogens is 463 g/mol. The maximum atomic E-state index is 13.3. The Bertz CT molecular complexity index is 1600. The number of hydrogen-bond donors (Lipinski definition) is 0. The maximum absolute atomic E-state index is 13.3. The van der Waals surface area contributed by atoms with E-state index in [4.69, 9.17) is 4.98 Å². The number of halogens is 3. The summed E-state index contributed by atoms with van der Waals surface area (Å²) in [6, 6.07) is 27.2. The van der Waals surface area contributed by atoms with Gasteiger partial charge in [0.1, 0.15) is 5.82 Å². The third kappa shape index (κ3) is 3.90. The first-order chi connectivity index (χ1) is 17.4. The van der Waals surface area contributed by atoms with Crippen molar-refractivity contribution in [3.8, 4) is 0 Å². The van der Waals surface area contributed by atoms with Gasteiger partial charge in [-0.05, 0) is 46.7 Å². The highest BCUT2D eigenvalue weighted by Crippen LogP contribution is 2.37. The molecule has 0 saturated carbocycles. The van der Waals surface area contributed by atoms with Gasteiger partial charge in [-0.25, -0.2) is 4.98 Å². The number of fused-ring (bicyclic) bond motifs is 2. The number of amides is 1. The summed E-state index contributed by atoms with van der Waals surface area (Å²) in [7, 11) is 0. The fourth-order valence-corrected chi connectivity index (χ4v) is 5.15. The molecule has 0 bridgehead atoms. The minimum absolute atomic E-state index is 0.190. The van der Waals surface area contributed by atoms with Gasteiger partial charge in [0.05, 0.1) is 16.6 Å². The second-order valence-electron chi connectivity index (χ2n) is 9.14. The van der Waals surface area contributed by atoms with E-state index in [1.807, 2.05) is 42.5 Å². The number of para-hydroxylation sites is 2. The van der Waals surface area contributed by atoms with E-state index in [0.717, 1.165) is 45.3 Å². The predicted octanol–water partition coefficient (Wildman–Crippen LogP) is 6.78. The lowest BCUT2D eigenvalue weighted by Crippen LogP contribution is -2.25. The van der Waals surface area contributed by atoms with Crippen molar-refractivity contribution in [2.75, 3.05) is 11.4 Å². The number of rotatable bonds is 4. The fourth-order valence-electron chi connectivity index (χ4n) is 5.15. The number of carbonyl (C=O) groups is 1. The molecule has 6 rings (SSSR count). The van der Waals surface area contributed by atoms with Gasteiger partial charge in [-0.1, -0.05) is 60.7 Å². The molecule has 0 aliphatic carbocycles. The summed E-state index contributed by atoms with van der Waals surface area (Å²) in [6.45, 7) is 0.852. The minimum Gasteiger partial charge on any atom is -0.323 e. The Kier molecular flexibility index (Phi) is 5.29. The number of anilines is 1. The summed E-state index contributed by atoms with van der Waals surface area (Å²) in [4.78, 5) is 19.3. The van der Waals surface area contributed by atoms with Crippen LogP contribution in [0.4, 0.5) is 18.9 Å². The SMILES string of the molecule is O=C1CC(c2nc3ccccc3n2Cc2cccc3ccccc23)CN1c1cccc(C(F)(F)F)c1. The molecule has 0 radical (unpaired) electrons. The second kappa shape index (κ2) is 8.52. The number of carbonyl (C=O) groups excluding carboxylic acids is 1. The van der Waals surface area contributed by atoms with Crippen LogP contribution >= 0.6 is 0 Å². The van der Waals surface area contributed by atoms with Crippen LogP contribution < -0.4 is 4.90 Å². The summed E-state index contributed by atoms with van der Waals surface area (Å²) < 4.78 is 41.9. The van der Waals surface area contributed by atoms with Crippen LogP contribution in [-0.4, -0.2) is 22.0 Å². The Labute approximate surface area is 205 Å². The van der Waals surface area contributed by atoms with Crippen molar-refractivity contribution in [3.63, 3.8) is 0 Å². The molecule has 7 heteroatoms. The van der Waals surface area contributed by atoms with E-state index < -0.39 is 11.7 Å². The van der Waals surface area contributed by atoms with E-state index in [1.54, 1.807) is 6.07 Å². The van der Waals surface area contributed by atoms with Gasteiger partial charge < -0.3 is 9.47 Å². The van der Waals surface area contributed by atoms with Crippen molar-refractivity contribution < 1.29 is 18.0 Å². The number of hydrogen-bond acceptors (Lipinski definition) is 2. The van der Waals surface area contributed by atoms with Crippen LogP contribution in [0.15, 0.2) is 91.0 Å². The Balaban J connectivity index is 1.39. The molecule has 4 nitrogen and oxygen atoms in total. The van der Waals surface area contributed by atoms with Crippen LogP contribution in [0.25, 0.3) is 21.8 Å². The molecular formula is C29H22F3N3O. The van der Waals surface area contributed by atoms with E-state index in [1.165, 1.54) is 11.0 Å². The van der Waals surface area contributed by atoms with Crippen LogP contribution in [0.2, 0.25) is 0 Å². The van der Waals surface area contributed by atoms with Crippen molar-refractivity contribution in [2.45, 2.75) is 25.1 Å². The minimum atomic E-state index is -4.47. The van der Waals surface area contributed by atoms with Crippen molar-refractivity contribution in [3.05, 3.63) is 108 Å². The average Bonchev–Trinajstić information content (AvgIpc) is 3.44. The molecule has 0 N–H and O–H groups in total. The number of benzene rings is 4. The van der Waals surface area contributed by atoms with Crippen LogP contribution in [0.1, 0.15) is 29.3 Å². The van der Waals surface area contributed by atoms with Crippen LogP contribution in [-0.2, 0) is 17.5 Å². The quantitative estimate of drug-likeness (QED) is 0.282. The summed E-state index contributed by atoms with van der Waals surface area (Å²) in [5.74, 6) is 0.324. The van der Waals surface area contributed by atoms with Crippen molar-refractivity contribution in [2.24, 2.45) is 0 Å². The normalized spacial score (nSPS) is 16.4. The summed E-state index contributed by atoms with van der Waals surface area (Å²) in [5.41, 5.74) is 2.42. The Morgan fingerprint density at radius 1 is 0.889 bits per heavy atom. The van der Waals surface area contributed by atoms with E-state index in [0.29, 0.717) is 6.54 Å². The van der Waals surface area contributed by atoms with E-state index in [9.17, 15) is 18.0 Å². The molecule has 1 atom stereocenters. The Morgan fingerprint density at radius 2 is 1.64 bits per heavy atom. The van der Waals surface area contributed by atoms with E-state index in [-0.39, 0.29) is 30.5 Å². The highest BCUT2D eigenvalue weighted by Gasteiger charge is 2.36. The predicted molar refractivity (Wildman–Crippen MR) is 134 cm³/mol. The zero-order valence-electron chi connectivity index (χ0n) is 19.2. The molecule has 36 heavy (non-hydrogen) atoms. The number of nitrogens with zero attached hydrogens (tertiary/aromatic N) is 3. The van der Waals surface area contributed by atoms with Gasteiger partial charge in [-0.2, -0.15) is 13.2 Å². The fraction of sp³-hybridized carbons (Fsp3) is 0.172. The lowest BCUT2D eigenvalue weighted by Gasteiger charge is -2.19. The first-order valence-corrected chi connectivity index (χ1v) is 11.8. The highest BCUT2D eigenvalue weighted by atomic mass is 19.4. The molecule has 1 aliphatic heterocycles. The molecule has 0 spiro atoms. The monoisotopic (exact) mass is 485 g/mol. The van der Waals surface area contributed by atoms with Gasteiger partial charge in [0, 0.05) is 31.1 Å². The van der Waals surface area contributed by atoms with Crippen molar-refractivity contribution in [1.29, 1.82) is 0 Å². The lowest BCUT2D eigenvalue weighted by molar-refractivity contribution is -0.137. The molecule has 2 heterocycles. The van der Waals surface area contributed by atoms with E-state index >= 15 is 0 Å². The maximum Gasteiger partial charge on any atom is 0.416 e. The molecule has 5 aromatic rings. The van der Waals surface area contributed by atoms with Gasteiger partial charge in [0.15, 0.2) is 0 Å². The first-order valence-electron chi connectivity index (χ1n) is 11.8. The highest BCUT2D eigenvalue weighted by molar-refractivity contribution is 5.96. The lowest BCUT2D eigenvalue weighted by atomic mass is 10.0. The average molecular weight is 486 g/mol. The zero-order valence-corrected chi connectivity index (χ0v) is 19.2. The Hall–Kier alpha value is -4.13. The number of aromatic nitrogens is 2. The van der Waals surface area contributed by atoms with Crippen LogP contribution in [0.5, 0.6) is 0 Å². The molecule has 1 fully saturated rings. The first kappa shape index (κ1) is 22.3. The van der Waals surface area contributed by atoms with Gasteiger partial charge in [0.25, 0.3) is 0 Å². The smallest absolute Gasteiger partial charge is 0.323 e. The Morgan fingerprint density at radius 3 is 2.50 bits per heavy atom. The van der Waals surface area contributed by atoms with Gasteiger partial charge in [-0.15, -0.1) is 0 Å². The van der Waals surface area contributed by atoms with Crippen LogP contribution in [0, 0.1) is 0 Å². The molecule has 1 saturated heterocycles. The van der Waals surface area contributed by atoms with Crippen molar-refractivity contribution in [1.82, 2.24) is 9.55 Å². The van der Waals surface area contributed by atoms with Gasteiger partial charge >= 0.3 is 6.18 Å². The molecule has 1 aliphatic rings.